The molecule has 110 valence electrons. The molecule has 0 radical (unpaired) electrons. The Morgan fingerprint density at radius 3 is 2.35 bits per heavy atom. The molecule has 1 rings (SSSR count). The van der Waals surface area contributed by atoms with Gasteiger partial charge in [-0.05, 0) is 25.0 Å². The maximum absolute atomic E-state index is 12.5. The van der Waals surface area contributed by atoms with Crippen molar-refractivity contribution >= 4 is 17.3 Å². The molecule has 0 aliphatic heterocycles. The lowest BCUT2D eigenvalue weighted by molar-refractivity contribution is -0.385. The van der Waals surface area contributed by atoms with Gasteiger partial charge < -0.3 is 10.2 Å². The lowest BCUT2D eigenvalue weighted by Crippen LogP contribution is -2.33. The molecule has 0 heterocycles. The smallest absolute Gasteiger partial charge is 0.282 e. The van der Waals surface area contributed by atoms with Crippen LogP contribution in [0.25, 0.3) is 0 Å². The van der Waals surface area contributed by atoms with Gasteiger partial charge in [0.2, 0.25) is 0 Å². The van der Waals surface area contributed by atoms with Crippen LogP contribution < -0.4 is 5.32 Å². The van der Waals surface area contributed by atoms with Gasteiger partial charge in [-0.1, -0.05) is 13.8 Å². The predicted octanol–water partition coefficient (Wildman–Crippen LogP) is 2.90. The molecule has 0 aliphatic rings. The molecule has 1 N–H and O–H groups in total. The highest BCUT2D eigenvalue weighted by Gasteiger charge is 2.24. The summed E-state index contributed by atoms with van der Waals surface area (Å²) in [7, 11) is 1.71. The first kappa shape index (κ1) is 15.9. The summed E-state index contributed by atoms with van der Waals surface area (Å²) in [5, 5.41) is 14.0. The summed E-state index contributed by atoms with van der Waals surface area (Å²) in [4.78, 5) is 24.7. The summed E-state index contributed by atoms with van der Waals surface area (Å²) in [5.74, 6) is -0.280. The molecule has 6 nitrogen and oxygen atoms in total. The summed E-state index contributed by atoms with van der Waals surface area (Å²) < 4.78 is 0. The molecule has 0 saturated heterocycles. The molecule has 0 saturated carbocycles. The number of nitrogens with one attached hydrogen (secondary N) is 1. The number of carbonyl (C=O) groups is 1. The first-order valence-electron chi connectivity index (χ1n) is 6.80. The summed E-state index contributed by atoms with van der Waals surface area (Å²) >= 11 is 0. The zero-order chi connectivity index (χ0) is 15.1. The van der Waals surface area contributed by atoms with Gasteiger partial charge in [-0.2, -0.15) is 0 Å². The van der Waals surface area contributed by atoms with E-state index in [4.69, 9.17) is 0 Å². The van der Waals surface area contributed by atoms with E-state index < -0.39 is 4.92 Å². The molecule has 6 heteroatoms. The van der Waals surface area contributed by atoms with E-state index in [9.17, 15) is 14.9 Å². The monoisotopic (exact) mass is 279 g/mol. The molecule has 1 amide bonds. The van der Waals surface area contributed by atoms with E-state index in [1.54, 1.807) is 24.1 Å². The number of benzene rings is 1. The Labute approximate surface area is 118 Å². The van der Waals surface area contributed by atoms with Crippen LogP contribution >= 0.6 is 0 Å². The van der Waals surface area contributed by atoms with Crippen LogP contribution in [0.5, 0.6) is 0 Å². The minimum atomic E-state index is -0.511. The number of nitro groups is 1. The van der Waals surface area contributed by atoms with Gasteiger partial charge in [-0.25, -0.2) is 0 Å². The fraction of sp³-hybridized carbons (Fsp3) is 0.500. The highest BCUT2D eigenvalue weighted by molar-refractivity contribution is 5.99. The van der Waals surface area contributed by atoms with Gasteiger partial charge in [0.15, 0.2) is 0 Å². The van der Waals surface area contributed by atoms with E-state index in [1.165, 1.54) is 6.07 Å². The molecule has 0 unspecified atom stereocenters. The number of anilines is 1. The molecular formula is C14H21N3O3. The predicted molar refractivity (Wildman–Crippen MR) is 79.1 cm³/mol. The van der Waals surface area contributed by atoms with Gasteiger partial charge in [-0.15, -0.1) is 0 Å². The van der Waals surface area contributed by atoms with E-state index in [0.29, 0.717) is 18.8 Å². The highest BCUT2D eigenvalue weighted by Crippen LogP contribution is 2.24. The fourth-order valence-electron chi connectivity index (χ4n) is 2.05. The Kier molecular flexibility index (Phi) is 5.96. The van der Waals surface area contributed by atoms with Gasteiger partial charge in [0.05, 0.1) is 4.92 Å². The number of nitrogens with zero attached hydrogens (tertiary/aromatic N) is 2. The zero-order valence-corrected chi connectivity index (χ0v) is 12.2. The number of carbonyl (C=O) groups excluding carboxylic acids is 1. The second-order valence-corrected chi connectivity index (χ2v) is 4.53. The summed E-state index contributed by atoms with van der Waals surface area (Å²) in [6, 6.07) is 4.51. The maximum atomic E-state index is 12.5. The molecule has 0 fully saturated rings. The van der Waals surface area contributed by atoms with Crippen molar-refractivity contribution < 1.29 is 9.72 Å². The van der Waals surface area contributed by atoms with Gasteiger partial charge in [0.25, 0.3) is 11.6 Å². The van der Waals surface area contributed by atoms with Crippen molar-refractivity contribution in [2.75, 3.05) is 25.5 Å². The third-order valence-electron chi connectivity index (χ3n) is 2.99. The quantitative estimate of drug-likeness (QED) is 0.615. The maximum Gasteiger partial charge on any atom is 0.282 e. The van der Waals surface area contributed by atoms with Crippen molar-refractivity contribution in [3.8, 4) is 0 Å². The minimum absolute atomic E-state index is 0.142. The molecule has 1 aromatic rings. The fourth-order valence-corrected chi connectivity index (χ4v) is 2.05. The van der Waals surface area contributed by atoms with E-state index >= 15 is 0 Å². The highest BCUT2D eigenvalue weighted by atomic mass is 16.6. The van der Waals surface area contributed by atoms with Crippen molar-refractivity contribution in [1.82, 2.24) is 4.90 Å². The molecule has 1 aromatic carbocycles. The van der Waals surface area contributed by atoms with Crippen LogP contribution in [-0.2, 0) is 0 Å². The summed E-state index contributed by atoms with van der Waals surface area (Å²) in [6.07, 6.45) is 1.65. The molecule has 0 atom stereocenters. The lowest BCUT2D eigenvalue weighted by Gasteiger charge is -2.21. The van der Waals surface area contributed by atoms with Crippen LogP contribution in [0.3, 0.4) is 0 Å². The first-order chi connectivity index (χ1) is 9.54. The minimum Gasteiger partial charge on any atom is -0.388 e. The third-order valence-corrected chi connectivity index (χ3v) is 2.99. The van der Waals surface area contributed by atoms with Crippen LogP contribution in [0.2, 0.25) is 0 Å². The lowest BCUT2D eigenvalue weighted by atomic mass is 10.1. The average molecular weight is 279 g/mol. The molecule has 0 spiro atoms. The van der Waals surface area contributed by atoms with Crippen LogP contribution in [0.15, 0.2) is 18.2 Å². The Morgan fingerprint density at radius 1 is 1.30 bits per heavy atom. The summed E-state index contributed by atoms with van der Waals surface area (Å²) in [5.41, 5.74) is 0.682. The Morgan fingerprint density at radius 2 is 1.90 bits per heavy atom. The van der Waals surface area contributed by atoms with E-state index in [2.05, 4.69) is 5.32 Å². The molecule has 0 aliphatic carbocycles. The summed E-state index contributed by atoms with van der Waals surface area (Å²) in [6.45, 7) is 5.17. The van der Waals surface area contributed by atoms with Gasteiger partial charge in [0.1, 0.15) is 5.56 Å². The number of rotatable bonds is 7. The molecule has 20 heavy (non-hydrogen) atoms. The standard InChI is InChI=1S/C14H21N3O3/c1-4-8-16(9-5-2)14(18)12-10-11(15-3)6-7-13(12)17(19)20/h6-7,10,15H,4-5,8-9H2,1-3H3. The Balaban J connectivity index is 3.19. The van der Waals surface area contributed by atoms with Crippen molar-refractivity contribution in [2.24, 2.45) is 0 Å². The van der Waals surface area contributed by atoms with Gasteiger partial charge in [-0.3, -0.25) is 14.9 Å². The second-order valence-electron chi connectivity index (χ2n) is 4.53. The van der Waals surface area contributed by atoms with Crippen molar-refractivity contribution in [3.05, 3.63) is 33.9 Å². The average Bonchev–Trinajstić information content (AvgIpc) is 2.45. The number of nitro benzene ring substituents is 1. The van der Waals surface area contributed by atoms with Gasteiger partial charge in [0, 0.05) is 31.9 Å². The molecular weight excluding hydrogens is 258 g/mol. The number of hydrogen-bond acceptors (Lipinski definition) is 4. The molecule has 0 aromatic heterocycles. The van der Waals surface area contributed by atoms with Crippen LogP contribution in [0, 0.1) is 10.1 Å². The third kappa shape index (κ3) is 3.69. The van der Waals surface area contributed by atoms with Gasteiger partial charge >= 0.3 is 0 Å². The van der Waals surface area contributed by atoms with Crippen molar-refractivity contribution in [3.63, 3.8) is 0 Å². The number of amides is 1. The Hall–Kier alpha value is -2.11. The van der Waals surface area contributed by atoms with Crippen LogP contribution in [0.4, 0.5) is 11.4 Å². The normalized spacial score (nSPS) is 10.2. The van der Waals surface area contributed by atoms with Crippen LogP contribution in [-0.4, -0.2) is 35.9 Å². The topological polar surface area (TPSA) is 75.5 Å². The largest absolute Gasteiger partial charge is 0.388 e. The number of hydrogen-bond donors (Lipinski definition) is 1. The van der Waals surface area contributed by atoms with Crippen molar-refractivity contribution in [1.29, 1.82) is 0 Å². The van der Waals surface area contributed by atoms with Crippen LogP contribution in [0.1, 0.15) is 37.0 Å². The SMILES string of the molecule is CCCN(CCC)C(=O)c1cc(NC)ccc1[N+](=O)[O-]. The van der Waals surface area contributed by atoms with E-state index in [1.807, 2.05) is 13.8 Å². The Bertz CT molecular complexity index is 483. The van der Waals surface area contributed by atoms with E-state index in [0.717, 1.165) is 12.8 Å². The van der Waals surface area contributed by atoms with Crippen molar-refractivity contribution in [2.45, 2.75) is 26.7 Å². The first-order valence-corrected chi connectivity index (χ1v) is 6.80. The zero-order valence-electron chi connectivity index (χ0n) is 12.2. The van der Waals surface area contributed by atoms with E-state index in [-0.39, 0.29) is 17.2 Å². The molecule has 0 bridgehead atoms. The second kappa shape index (κ2) is 7.47.